The highest BCUT2D eigenvalue weighted by Gasteiger charge is 2.42. The molecule has 2 saturated heterocycles. The van der Waals surface area contributed by atoms with Gasteiger partial charge in [-0.2, -0.15) is 0 Å². The van der Waals surface area contributed by atoms with Gasteiger partial charge < -0.3 is 9.84 Å². The highest BCUT2D eigenvalue weighted by Crippen LogP contribution is 2.39. The minimum absolute atomic E-state index is 0.140. The first-order chi connectivity index (χ1) is 16.5. The molecular formula is C29H38ClNO3. The van der Waals surface area contributed by atoms with E-state index in [1.165, 1.54) is 30.2 Å². The van der Waals surface area contributed by atoms with Gasteiger partial charge in [0.1, 0.15) is 5.75 Å². The zero-order valence-corrected chi connectivity index (χ0v) is 21.1. The summed E-state index contributed by atoms with van der Waals surface area (Å²) in [5, 5.41) is 12.4. The first-order valence-electron chi connectivity index (χ1n) is 13.4. The fraction of sp³-hybridized carbons (Fsp3) is 0.621. The van der Waals surface area contributed by atoms with E-state index in [0.29, 0.717) is 12.1 Å². The first kappa shape index (κ1) is 23.9. The van der Waals surface area contributed by atoms with Crippen LogP contribution in [0.15, 0.2) is 30.3 Å². The van der Waals surface area contributed by atoms with Crippen molar-refractivity contribution in [1.82, 2.24) is 4.90 Å². The fourth-order valence-electron chi connectivity index (χ4n) is 6.71. The van der Waals surface area contributed by atoms with E-state index in [1.807, 2.05) is 6.07 Å². The number of nitrogens with zero attached hydrogens (tertiary/aromatic N) is 1. The average Bonchev–Trinajstić information content (AvgIpc) is 3.07. The SMILES string of the molecule is CC[C@H]1CC[C@@H](Oc2ccc3cc(CCCN4C5CCC4CC(C(=O)O)C5)ccc3c2Cl)CC1. The lowest BCUT2D eigenvalue weighted by atomic mass is 9.86. The van der Waals surface area contributed by atoms with Gasteiger partial charge in [0.2, 0.25) is 0 Å². The Balaban J connectivity index is 1.17. The lowest BCUT2D eigenvalue weighted by Gasteiger charge is -2.37. The number of aryl methyl sites for hydroxylation is 1. The minimum atomic E-state index is -0.608. The molecule has 0 aromatic heterocycles. The Morgan fingerprint density at radius 3 is 2.47 bits per heavy atom. The number of fused-ring (bicyclic) bond motifs is 3. The number of hydrogen-bond donors (Lipinski definition) is 1. The third-order valence-corrected chi connectivity index (χ3v) is 9.15. The van der Waals surface area contributed by atoms with E-state index in [2.05, 4.69) is 36.1 Å². The summed E-state index contributed by atoms with van der Waals surface area (Å²) in [4.78, 5) is 14.0. The topological polar surface area (TPSA) is 49.8 Å². The van der Waals surface area contributed by atoms with Crippen molar-refractivity contribution in [2.24, 2.45) is 11.8 Å². The van der Waals surface area contributed by atoms with Gasteiger partial charge in [0.05, 0.1) is 17.0 Å². The summed E-state index contributed by atoms with van der Waals surface area (Å²) in [6, 6.07) is 11.7. The number of hydrogen-bond acceptors (Lipinski definition) is 3. The standard InChI is InChI=1S/C29H38ClNO3/c1-2-19-5-11-25(12-6-19)34-27-14-8-21-16-20(7-13-26(21)28(27)30)4-3-15-31-23-9-10-24(31)18-22(17-23)29(32)33/h7-8,13-14,16,19,22-25H,2-6,9-12,15,17-18H2,1H3,(H,32,33)/t19-,22?,23?,24?,25+. The number of piperidine rings is 1. The highest BCUT2D eigenvalue weighted by atomic mass is 35.5. The van der Waals surface area contributed by atoms with Crippen LogP contribution in [-0.2, 0) is 11.2 Å². The fourth-order valence-corrected chi connectivity index (χ4v) is 6.99. The summed E-state index contributed by atoms with van der Waals surface area (Å²) in [6.45, 7) is 3.35. The van der Waals surface area contributed by atoms with E-state index in [1.54, 1.807) is 0 Å². The summed E-state index contributed by atoms with van der Waals surface area (Å²) in [5.74, 6) is 0.933. The number of rotatable bonds is 8. The molecule has 4 nitrogen and oxygen atoms in total. The van der Waals surface area contributed by atoms with Gasteiger partial charge in [-0.3, -0.25) is 9.69 Å². The molecule has 1 aliphatic carbocycles. The molecular weight excluding hydrogens is 446 g/mol. The van der Waals surface area contributed by atoms with E-state index in [9.17, 15) is 9.90 Å². The largest absolute Gasteiger partial charge is 0.489 e. The summed E-state index contributed by atoms with van der Waals surface area (Å²) in [6.07, 6.45) is 12.4. The van der Waals surface area contributed by atoms with Gasteiger partial charge in [-0.05, 0) is 93.7 Å². The molecule has 2 aromatic rings. The van der Waals surface area contributed by atoms with E-state index >= 15 is 0 Å². The molecule has 2 aromatic carbocycles. The van der Waals surface area contributed by atoms with Crippen molar-refractivity contribution in [2.45, 2.75) is 95.7 Å². The van der Waals surface area contributed by atoms with Crippen LogP contribution >= 0.6 is 11.6 Å². The van der Waals surface area contributed by atoms with Gasteiger partial charge in [-0.15, -0.1) is 0 Å². The number of halogens is 1. The van der Waals surface area contributed by atoms with Gasteiger partial charge in [0, 0.05) is 17.5 Å². The maximum absolute atomic E-state index is 11.4. The van der Waals surface area contributed by atoms with Crippen LogP contribution in [0.3, 0.4) is 0 Å². The van der Waals surface area contributed by atoms with Crippen LogP contribution in [0, 0.1) is 11.8 Å². The van der Waals surface area contributed by atoms with Gasteiger partial charge in [-0.1, -0.05) is 49.2 Å². The predicted molar refractivity (Wildman–Crippen MR) is 138 cm³/mol. The molecule has 0 amide bonds. The number of ether oxygens (including phenoxy) is 1. The molecule has 2 unspecified atom stereocenters. The van der Waals surface area contributed by atoms with Gasteiger partial charge in [-0.25, -0.2) is 0 Å². The Labute approximate surface area is 208 Å². The Kier molecular flexibility index (Phi) is 7.36. The minimum Gasteiger partial charge on any atom is -0.489 e. The predicted octanol–water partition coefficient (Wildman–Crippen LogP) is 7.10. The van der Waals surface area contributed by atoms with Crippen molar-refractivity contribution in [3.8, 4) is 5.75 Å². The maximum Gasteiger partial charge on any atom is 0.306 e. The molecule has 3 fully saturated rings. The first-order valence-corrected chi connectivity index (χ1v) is 13.8. The van der Waals surface area contributed by atoms with Crippen molar-refractivity contribution in [3.63, 3.8) is 0 Å². The van der Waals surface area contributed by atoms with E-state index in [-0.39, 0.29) is 12.0 Å². The van der Waals surface area contributed by atoms with E-state index in [0.717, 1.165) is 80.0 Å². The van der Waals surface area contributed by atoms with Crippen molar-refractivity contribution >= 4 is 28.3 Å². The maximum atomic E-state index is 11.4. The van der Waals surface area contributed by atoms with Gasteiger partial charge in [0.25, 0.3) is 0 Å². The van der Waals surface area contributed by atoms with E-state index in [4.69, 9.17) is 16.3 Å². The second-order valence-electron chi connectivity index (χ2n) is 10.8. The monoisotopic (exact) mass is 483 g/mol. The van der Waals surface area contributed by atoms with Crippen molar-refractivity contribution in [2.75, 3.05) is 6.54 Å². The summed E-state index contributed by atoms with van der Waals surface area (Å²) >= 11 is 6.77. The Hall–Kier alpha value is -1.78. The van der Waals surface area contributed by atoms with Crippen LogP contribution in [0.5, 0.6) is 5.75 Å². The molecule has 2 bridgehead atoms. The summed E-state index contributed by atoms with van der Waals surface area (Å²) in [5.41, 5.74) is 1.34. The molecule has 0 radical (unpaired) electrons. The van der Waals surface area contributed by atoms with Crippen LogP contribution in [0.4, 0.5) is 0 Å². The van der Waals surface area contributed by atoms with Crippen LogP contribution in [0.2, 0.25) is 5.02 Å². The van der Waals surface area contributed by atoms with Gasteiger partial charge >= 0.3 is 5.97 Å². The lowest BCUT2D eigenvalue weighted by molar-refractivity contribution is -0.144. The molecule has 1 saturated carbocycles. The molecule has 5 heteroatoms. The summed E-state index contributed by atoms with van der Waals surface area (Å²) < 4.78 is 6.32. The zero-order chi connectivity index (χ0) is 23.7. The number of aliphatic carboxylic acids is 1. The van der Waals surface area contributed by atoms with Crippen LogP contribution in [-0.4, -0.2) is 40.7 Å². The molecule has 0 spiro atoms. The zero-order valence-electron chi connectivity index (χ0n) is 20.3. The third-order valence-electron chi connectivity index (χ3n) is 8.76. The smallest absolute Gasteiger partial charge is 0.306 e. The molecule has 2 aliphatic heterocycles. The molecule has 34 heavy (non-hydrogen) atoms. The quantitative estimate of drug-likeness (QED) is 0.435. The number of carboxylic acid groups (broad SMARTS) is 1. The summed E-state index contributed by atoms with van der Waals surface area (Å²) in [7, 11) is 0. The number of benzene rings is 2. The second-order valence-corrected chi connectivity index (χ2v) is 11.2. The Bertz CT molecular complexity index is 1000. The van der Waals surface area contributed by atoms with E-state index < -0.39 is 5.97 Å². The van der Waals surface area contributed by atoms with Gasteiger partial charge in [0.15, 0.2) is 0 Å². The number of carboxylic acids is 1. The van der Waals surface area contributed by atoms with Crippen LogP contribution in [0.25, 0.3) is 10.8 Å². The third kappa shape index (κ3) is 5.09. The van der Waals surface area contributed by atoms with Crippen molar-refractivity contribution in [3.05, 3.63) is 40.9 Å². The van der Waals surface area contributed by atoms with Crippen LogP contribution in [0.1, 0.15) is 76.7 Å². The molecule has 5 rings (SSSR count). The number of carbonyl (C=O) groups is 1. The molecule has 3 aliphatic rings. The molecule has 2 heterocycles. The van der Waals surface area contributed by atoms with Crippen LogP contribution < -0.4 is 4.74 Å². The molecule has 184 valence electrons. The molecule has 1 N–H and O–H groups in total. The highest BCUT2D eigenvalue weighted by molar-refractivity contribution is 6.37. The average molecular weight is 484 g/mol. The van der Waals surface area contributed by atoms with Crippen molar-refractivity contribution in [1.29, 1.82) is 0 Å². The lowest BCUT2D eigenvalue weighted by Crippen LogP contribution is -2.45. The Morgan fingerprint density at radius 2 is 1.79 bits per heavy atom. The second kappa shape index (κ2) is 10.5. The Morgan fingerprint density at radius 1 is 1.06 bits per heavy atom. The van der Waals surface area contributed by atoms with Crippen molar-refractivity contribution < 1.29 is 14.6 Å². The normalized spacial score (nSPS) is 29.4. The molecule has 2 atom stereocenters.